The van der Waals surface area contributed by atoms with E-state index >= 15 is 0 Å². The van der Waals surface area contributed by atoms with E-state index in [1.54, 1.807) is 11.1 Å². The van der Waals surface area contributed by atoms with Crippen molar-refractivity contribution in [2.24, 2.45) is 10.8 Å². The van der Waals surface area contributed by atoms with E-state index in [4.69, 9.17) is 0 Å². The standard InChI is InChI=1S/C27H34/c1-8-20-16-24-22(15-23(20)19(3)21-12-10-9-11-13-21)14-18(2)27(24)25(4,5)17-26(27,6)7/h9-16,19H,8,17H2,1-7H3. The van der Waals surface area contributed by atoms with Gasteiger partial charge in [0.25, 0.3) is 0 Å². The molecular weight excluding hydrogens is 324 g/mol. The van der Waals surface area contributed by atoms with Crippen LogP contribution in [0.3, 0.4) is 0 Å². The molecule has 0 amide bonds. The molecule has 0 nitrogen and oxygen atoms in total. The Labute approximate surface area is 165 Å². The normalized spacial score (nSPS) is 22.1. The van der Waals surface area contributed by atoms with Gasteiger partial charge in [-0.05, 0) is 58.4 Å². The first-order valence-electron chi connectivity index (χ1n) is 10.6. The van der Waals surface area contributed by atoms with E-state index in [1.807, 2.05) is 0 Å². The third-order valence-electron chi connectivity index (χ3n) is 7.74. The van der Waals surface area contributed by atoms with Gasteiger partial charge in [0.1, 0.15) is 0 Å². The minimum absolute atomic E-state index is 0.188. The highest BCUT2D eigenvalue weighted by molar-refractivity contribution is 5.74. The maximum absolute atomic E-state index is 2.57. The molecule has 1 saturated carbocycles. The average molecular weight is 359 g/mol. The number of hydrogen-bond acceptors (Lipinski definition) is 0. The molecule has 2 aliphatic carbocycles. The number of hydrogen-bond donors (Lipinski definition) is 0. The summed E-state index contributed by atoms with van der Waals surface area (Å²) in [6, 6.07) is 16.0. The Bertz CT molecular complexity index is 895. The quantitative estimate of drug-likeness (QED) is 0.532. The van der Waals surface area contributed by atoms with Gasteiger partial charge >= 0.3 is 0 Å². The van der Waals surface area contributed by atoms with Crippen LogP contribution in [-0.2, 0) is 11.8 Å². The predicted molar refractivity (Wildman–Crippen MR) is 117 cm³/mol. The lowest BCUT2D eigenvalue weighted by Gasteiger charge is -2.68. The molecule has 0 radical (unpaired) electrons. The zero-order valence-electron chi connectivity index (χ0n) is 18.1. The summed E-state index contributed by atoms with van der Waals surface area (Å²) in [5.41, 5.74) is 9.86. The first kappa shape index (κ1) is 18.5. The molecule has 142 valence electrons. The van der Waals surface area contributed by atoms with Gasteiger partial charge in [-0.2, -0.15) is 0 Å². The van der Waals surface area contributed by atoms with Crippen molar-refractivity contribution in [1.82, 2.24) is 0 Å². The Morgan fingerprint density at radius 3 is 2.15 bits per heavy atom. The van der Waals surface area contributed by atoms with Gasteiger partial charge in [-0.1, -0.05) is 95.7 Å². The van der Waals surface area contributed by atoms with E-state index in [2.05, 4.69) is 97.0 Å². The van der Waals surface area contributed by atoms with Crippen LogP contribution in [0.25, 0.3) is 6.08 Å². The van der Waals surface area contributed by atoms with Gasteiger partial charge < -0.3 is 0 Å². The first-order valence-corrected chi connectivity index (χ1v) is 10.6. The number of allylic oxidation sites excluding steroid dienone is 1. The molecule has 1 atom stereocenters. The topological polar surface area (TPSA) is 0 Å². The van der Waals surface area contributed by atoms with Gasteiger partial charge in [-0.15, -0.1) is 0 Å². The highest BCUT2D eigenvalue weighted by atomic mass is 14.7. The summed E-state index contributed by atoms with van der Waals surface area (Å²) >= 11 is 0. The molecule has 0 aromatic heterocycles. The second-order valence-corrected chi connectivity index (χ2v) is 10.1. The van der Waals surface area contributed by atoms with E-state index in [-0.39, 0.29) is 5.41 Å². The lowest BCUT2D eigenvalue weighted by molar-refractivity contribution is -0.0889. The molecule has 2 aliphatic rings. The van der Waals surface area contributed by atoms with E-state index in [0.717, 1.165) is 6.42 Å². The second kappa shape index (κ2) is 5.84. The third-order valence-corrected chi connectivity index (χ3v) is 7.74. The summed E-state index contributed by atoms with van der Waals surface area (Å²) in [6.07, 6.45) is 4.86. The zero-order valence-corrected chi connectivity index (χ0v) is 18.1. The van der Waals surface area contributed by atoms with E-state index < -0.39 is 0 Å². The smallest absolute Gasteiger partial charge is 0.0270 e. The molecule has 27 heavy (non-hydrogen) atoms. The first-order chi connectivity index (χ1) is 12.7. The fourth-order valence-electron chi connectivity index (χ4n) is 7.28. The number of benzene rings is 2. The van der Waals surface area contributed by atoms with Crippen LogP contribution in [0.5, 0.6) is 0 Å². The van der Waals surface area contributed by atoms with E-state index in [9.17, 15) is 0 Å². The average Bonchev–Trinajstić information content (AvgIpc) is 2.93. The monoisotopic (exact) mass is 358 g/mol. The van der Waals surface area contributed by atoms with Gasteiger partial charge in [0, 0.05) is 11.3 Å². The Kier molecular flexibility index (Phi) is 4.01. The summed E-state index contributed by atoms with van der Waals surface area (Å²) < 4.78 is 0. The fourth-order valence-corrected chi connectivity index (χ4v) is 7.28. The maximum atomic E-state index is 2.57. The van der Waals surface area contributed by atoms with Crippen LogP contribution in [0.15, 0.2) is 48.0 Å². The van der Waals surface area contributed by atoms with Crippen LogP contribution < -0.4 is 0 Å². The third kappa shape index (κ3) is 2.28. The van der Waals surface area contributed by atoms with Crippen LogP contribution in [-0.4, -0.2) is 0 Å². The van der Waals surface area contributed by atoms with Gasteiger partial charge in [0.2, 0.25) is 0 Å². The van der Waals surface area contributed by atoms with Crippen LogP contribution in [0, 0.1) is 10.8 Å². The minimum Gasteiger partial charge on any atom is -0.0622 e. The Morgan fingerprint density at radius 2 is 1.59 bits per heavy atom. The van der Waals surface area contributed by atoms with Crippen LogP contribution in [0.2, 0.25) is 0 Å². The molecule has 2 aromatic rings. The number of aryl methyl sites for hydroxylation is 1. The van der Waals surface area contributed by atoms with Crippen molar-refractivity contribution < 1.29 is 0 Å². The van der Waals surface area contributed by atoms with E-state index in [1.165, 1.54) is 28.7 Å². The summed E-state index contributed by atoms with van der Waals surface area (Å²) in [5.74, 6) is 0.430. The number of fused-ring (bicyclic) bond motifs is 2. The van der Waals surface area contributed by atoms with Crippen molar-refractivity contribution in [2.45, 2.75) is 72.6 Å². The molecule has 4 rings (SSSR count). The Hall–Kier alpha value is -1.82. The van der Waals surface area contributed by atoms with Gasteiger partial charge in [0.05, 0.1) is 0 Å². The molecule has 1 fully saturated rings. The molecule has 1 spiro atoms. The molecule has 2 aromatic carbocycles. The van der Waals surface area contributed by atoms with Crippen molar-refractivity contribution in [2.75, 3.05) is 0 Å². The van der Waals surface area contributed by atoms with Crippen LogP contribution in [0.1, 0.15) is 88.6 Å². The fraction of sp³-hybridized carbons (Fsp3) is 0.481. The molecule has 0 aliphatic heterocycles. The van der Waals surface area contributed by atoms with Gasteiger partial charge in [-0.25, -0.2) is 0 Å². The van der Waals surface area contributed by atoms with Crippen molar-refractivity contribution in [3.63, 3.8) is 0 Å². The molecule has 1 unspecified atom stereocenters. The Balaban J connectivity index is 1.90. The molecular formula is C27H34. The van der Waals surface area contributed by atoms with Crippen molar-refractivity contribution in [1.29, 1.82) is 0 Å². The van der Waals surface area contributed by atoms with Gasteiger partial charge in [-0.3, -0.25) is 0 Å². The van der Waals surface area contributed by atoms with Crippen molar-refractivity contribution >= 4 is 6.08 Å². The predicted octanol–water partition coefficient (Wildman–Crippen LogP) is 7.51. The van der Waals surface area contributed by atoms with Crippen LogP contribution >= 0.6 is 0 Å². The molecule has 0 bridgehead atoms. The Morgan fingerprint density at radius 1 is 0.963 bits per heavy atom. The van der Waals surface area contributed by atoms with Gasteiger partial charge in [0.15, 0.2) is 0 Å². The van der Waals surface area contributed by atoms with Crippen molar-refractivity contribution in [3.05, 3.63) is 75.9 Å². The number of rotatable bonds is 3. The molecule has 0 saturated heterocycles. The highest BCUT2D eigenvalue weighted by Gasteiger charge is 2.68. The zero-order chi connectivity index (χ0) is 19.6. The lowest BCUT2D eigenvalue weighted by atomic mass is 9.35. The SMILES string of the molecule is CCc1cc2c(cc1C(C)c1ccccc1)C=C(C)C21C(C)(C)CC1(C)C. The maximum Gasteiger partial charge on any atom is 0.0270 e. The van der Waals surface area contributed by atoms with E-state index in [0.29, 0.717) is 16.7 Å². The molecule has 0 heterocycles. The molecule has 0 heteroatoms. The van der Waals surface area contributed by atoms with Crippen molar-refractivity contribution in [3.8, 4) is 0 Å². The summed E-state index contributed by atoms with van der Waals surface area (Å²) in [6.45, 7) is 16.9. The van der Waals surface area contributed by atoms with Crippen LogP contribution in [0.4, 0.5) is 0 Å². The lowest BCUT2D eigenvalue weighted by Crippen LogP contribution is -2.63. The highest BCUT2D eigenvalue weighted by Crippen LogP contribution is 2.73. The summed E-state index contributed by atoms with van der Waals surface area (Å²) in [7, 11) is 0. The minimum atomic E-state index is 0.188. The summed E-state index contributed by atoms with van der Waals surface area (Å²) in [5, 5.41) is 0. The largest absolute Gasteiger partial charge is 0.0622 e. The molecule has 0 N–H and O–H groups in total. The second-order valence-electron chi connectivity index (χ2n) is 10.1. The summed E-state index contributed by atoms with van der Waals surface area (Å²) in [4.78, 5) is 0.